The van der Waals surface area contributed by atoms with Crippen LogP contribution in [0.5, 0.6) is 0 Å². The Kier molecular flexibility index (Phi) is 3.26. The van der Waals surface area contributed by atoms with E-state index in [9.17, 15) is 0 Å². The van der Waals surface area contributed by atoms with Crippen molar-refractivity contribution in [1.29, 1.82) is 0 Å². The first-order chi connectivity index (χ1) is 5.75. The van der Waals surface area contributed by atoms with Crippen LogP contribution >= 0.6 is 0 Å². The van der Waals surface area contributed by atoms with Crippen LogP contribution in [0.1, 0.15) is 30.9 Å². The second-order valence-electron chi connectivity index (χ2n) is 3.19. The molecule has 66 valence electrons. The average molecular weight is 165 g/mol. The lowest BCUT2D eigenvalue weighted by molar-refractivity contribution is 0.161. The monoisotopic (exact) mass is 165 g/mol. The van der Waals surface area contributed by atoms with E-state index in [4.69, 9.17) is 5.21 Å². The fourth-order valence-electron chi connectivity index (χ4n) is 1.34. The molecule has 1 aromatic carbocycles. The normalized spacial score (nSPS) is 10.7. The zero-order valence-electron chi connectivity index (χ0n) is 7.54. The first-order valence-electron chi connectivity index (χ1n) is 4.20. The predicted octanol–water partition coefficient (Wildman–Crippen LogP) is 2.29. The molecule has 0 heterocycles. The van der Waals surface area contributed by atoms with E-state index in [1.165, 1.54) is 5.56 Å². The molecule has 0 atom stereocenters. The highest BCUT2D eigenvalue weighted by Crippen LogP contribution is 2.18. The summed E-state index contributed by atoms with van der Waals surface area (Å²) in [6.45, 7) is 4.82. The third-order valence-corrected chi connectivity index (χ3v) is 1.95. The van der Waals surface area contributed by atoms with Crippen LogP contribution < -0.4 is 5.48 Å². The summed E-state index contributed by atoms with van der Waals surface area (Å²) < 4.78 is 0. The Bertz CT molecular complexity index is 245. The molecule has 0 saturated heterocycles. The SMILES string of the molecule is CC(C)c1ccccc1CNO. The van der Waals surface area contributed by atoms with Crippen molar-refractivity contribution < 1.29 is 5.21 Å². The largest absolute Gasteiger partial charge is 0.316 e. The fraction of sp³-hybridized carbons (Fsp3) is 0.400. The lowest BCUT2D eigenvalue weighted by Crippen LogP contribution is -2.08. The van der Waals surface area contributed by atoms with Gasteiger partial charge in [-0.15, -0.1) is 0 Å². The van der Waals surface area contributed by atoms with Crippen LogP contribution in [0.2, 0.25) is 0 Å². The highest BCUT2D eigenvalue weighted by molar-refractivity contribution is 5.29. The summed E-state index contributed by atoms with van der Waals surface area (Å²) in [5.74, 6) is 0.509. The maximum absolute atomic E-state index is 8.58. The molecular weight excluding hydrogens is 150 g/mol. The molecule has 0 aliphatic rings. The Morgan fingerprint density at radius 2 is 2.00 bits per heavy atom. The molecule has 0 saturated carbocycles. The quantitative estimate of drug-likeness (QED) is 0.673. The molecule has 0 aromatic heterocycles. The van der Waals surface area contributed by atoms with Gasteiger partial charge in [0, 0.05) is 6.54 Å². The summed E-state index contributed by atoms with van der Waals surface area (Å²) in [5.41, 5.74) is 4.63. The van der Waals surface area contributed by atoms with E-state index in [1.807, 2.05) is 18.2 Å². The van der Waals surface area contributed by atoms with Crippen molar-refractivity contribution in [3.05, 3.63) is 35.4 Å². The summed E-state index contributed by atoms with van der Waals surface area (Å²) in [6, 6.07) is 8.13. The summed E-state index contributed by atoms with van der Waals surface area (Å²) in [7, 11) is 0. The van der Waals surface area contributed by atoms with Gasteiger partial charge in [0.25, 0.3) is 0 Å². The van der Waals surface area contributed by atoms with Gasteiger partial charge in [-0.05, 0) is 17.0 Å². The summed E-state index contributed by atoms with van der Waals surface area (Å²) in [6.07, 6.45) is 0. The highest BCUT2D eigenvalue weighted by atomic mass is 16.5. The minimum absolute atomic E-state index is 0.509. The Morgan fingerprint density at radius 1 is 1.33 bits per heavy atom. The molecule has 0 fully saturated rings. The highest BCUT2D eigenvalue weighted by Gasteiger charge is 2.03. The maximum atomic E-state index is 8.58. The Balaban J connectivity index is 2.92. The molecule has 1 aromatic rings. The predicted molar refractivity (Wildman–Crippen MR) is 49.2 cm³/mol. The molecule has 1 rings (SSSR count). The van der Waals surface area contributed by atoms with Gasteiger partial charge in [0.15, 0.2) is 0 Å². The molecule has 2 nitrogen and oxygen atoms in total. The third kappa shape index (κ3) is 2.06. The van der Waals surface area contributed by atoms with Crippen LogP contribution in [0.3, 0.4) is 0 Å². The van der Waals surface area contributed by atoms with Gasteiger partial charge < -0.3 is 5.21 Å². The zero-order chi connectivity index (χ0) is 8.97. The molecule has 0 amide bonds. The molecular formula is C10H15NO. The van der Waals surface area contributed by atoms with Crippen LogP contribution in [-0.4, -0.2) is 5.21 Å². The molecule has 0 unspecified atom stereocenters. The Hall–Kier alpha value is -0.860. The first kappa shape index (κ1) is 9.23. The number of hydrogen-bond donors (Lipinski definition) is 2. The van der Waals surface area contributed by atoms with Crippen molar-refractivity contribution >= 4 is 0 Å². The van der Waals surface area contributed by atoms with Crippen molar-refractivity contribution in [2.24, 2.45) is 0 Å². The third-order valence-electron chi connectivity index (χ3n) is 1.95. The fourth-order valence-corrected chi connectivity index (χ4v) is 1.34. The molecule has 0 radical (unpaired) electrons. The molecule has 0 aliphatic heterocycles. The first-order valence-corrected chi connectivity index (χ1v) is 4.20. The van der Waals surface area contributed by atoms with Gasteiger partial charge in [-0.2, -0.15) is 0 Å². The molecule has 2 heteroatoms. The Morgan fingerprint density at radius 3 is 2.58 bits per heavy atom. The van der Waals surface area contributed by atoms with Gasteiger partial charge in [0.1, 0.15) is 0 Å². The van der Waals surface area contributed by atoms with Gasteiger partial charge in [-0.1, -0.05) is 38.1 Å². The van der Waals surface area contributed by atoms with Crippen molar-refractivity contribution in [3.8, 4) is 0 Å². The van der Waals surface area contributed by atoms with E-state index in [-0.39, 0.29) is 0 Å². The molecule has 0 aliphatic carbocycles. The van der Waals surface area contributed by atoms with Crippen LogP contribution in [-0.2, 0) is 6.54 Å². The van der Waals surface area contributed by atoms with E-state index in [0.29, 0.717) is 12.5 Å². The van der Waals surface area contributed by atoms with E-state index in [0.717, 1.165) is 5.56 Å². The minimum Gasteiger partial charge on any atom is -0.316 e. The molecule has 0 bridgehead atoms. The second-order valence-corrected chi connectivity index (χ2v) is 3.19. The number of rotatable bonds is 3. The average Bonchev–Trinajstić information content (AvgIpc) is 2.05. The van der Waals surface area contributed by atoms with Gasteiger partial charge in [0.2, 0.25) is 0 Å². The lowest BCUT2D eigenvalue weighted by Gasteiger charge is -2.10. The number of nitrogens with one attached hydrogen (secondary N) is 1. The summed E-state index contributed by atoms with van der Waals surface area (Å²) in [5, 5.41) is 8.58. The lowest BCUT2D eigenvalue weighted by atomic mass is 9.97. The van der Waals surface area contributed by atoms with Gasteiger partial charge in [-0.25, -0.2) is 5.48 Å². The number of hydrogen-bond acceptors (Lipinski definition) is 2. The van der Waals surface area contributed by atoms with Crippen LogP contribution in [0, 0.1) is 0 Å². The topological polar surface area (TPSA) is 32.3 Å². The van der Waals surface area contributed by atoms with E-state index >= 15 is 0 Å². The van der Waals surface area contributed by atoms with Crippen molar-refractivity contribution in [2.75, 3.05) is 0 Å². The molecule has 0 spiro atoms. The van der Waals surface area contributed by atoms with Crippen LogP contribution in [0.15, 0.2) is 24.3 Å². The van der Waals surface area contributed by atoms with Crippen LogP contribution in [0.4, 0.5) is 0 Å². The van der Waals surface area contributed by atoms with E-state index in [1.54, 1.807) is 0 Å². The standard InChI is InChI=1S/C10H15NO/c1-8(2)10-6-4-3-5-9(10)7-11-12/h3-6,8,11-12H,7H2,1-2H3. The van der Waals surface area contributed by atoms with Gasteiger partial charge >= 0.3 is 0 Å². The summed E-state index contributed by atoms with van der Waals surface area (Å²) in [4.78, 5) is 0. The smallest absolute Gasteiger partial charge is 0.0460 e. The summed E-state index contributed by atoms with van der Waals surface area (Å²) >= 11 is 0. The minimum atomic E-state index is 0.509. The Labute approximate surface area is 73.2 Å². The van der Waals surface area contributed by atoms with Gasteiger partial charge in [0.05, 0.1) is 0 Å². The molecule has 2 N–H and O–H groups in total. The van der Waals surface area contributed by atoms with Crippen molar-refractivity contribution in [2.45, 2.75) is 26.3 Å². The number of benzene rings is 1. The van der Waals surface area contributed by atoms with Gasteiger partial charge in [-0.3, -0.25) is 0 Å². The van der Waals surface area contributed by atoms with E-state index < -0.39 is 0 Å². The zero-order valence-corrected chi connectivity index (χ0v) is 7.54. The van der Waals surface area contributed by atoms with Crippen LogP contribution in [0.25, 0.3) is 0 Å². The maximum Gasteiger partial charge on any atom is 0.0460 e. The van der Waals surface area contributed by atoms with Crippen molar-refractivity contribution in [3.63, 3.8) is 0 Å². The number of hydroxylamine groups is 1. The molecule has 12 heavy (non-hydrogen) atoms. The second kappa shape index (κ2) is 4.24. The van der Waals surface area contributed by atoms with E-state index in [2.05, 4.69) is 25.4 Å². The van der Waals surface area contributed by atoms with Crippen molar-refractivity contribution in [1.82, 2.24) is 5.48 Å².